The molecule has 1 aromatic heterocycles. The zero-order chi connectivity index (χ0) is 54.1. The maximum absolute atomic E-state index is 7.52. The van der Waals surface area contributed by atoms with Crippen molar-refractivity contribution in [3.8, 4) is 0 Å². The summed E-state index contributed by atoms with van der Waals surface area (Å²) in [7, 11) is 0. The van der Waals surface area contributed by atoms with Gasteiger partial charge in [-0.2, -0.15) is 0 Å². The van der Waals surface area contributed by atoms with Crippen molar-refractivity contribution in [3.63, 3.8) is 0 Å². The molecule has 5 aliphatic rings. The van der Waals surface area contributed by atoms with Crippen molar-refractivity contribution in [2.24, 2.45) is 0 Å². The Hall–Kier alpha value is -6.46. The van der Waals surface area contributed by atoms with Gasteiger partial charge in [0.15, 0.2) is 0 Å². The summed E-state index contributed by atoms with van der Waals surface area (Å²) >= 11 is 0. The molecule has 0 radical (unpaired) electrons. The molecule has 0 atom stereocenters. The van der Waals surface area contributed by atoms with Crippen molar-refractivity contribution in [2.45, 2.75) is 180 Å². The molecule has 0 amide bonds. The lowest BCUT2D eigenvalue weighted by molar-refractivity contribution is 0.332. The first-order valence-electron chi connectivity index (χ1n) is 29.0. The van der Waals surface area contributed by atoms with Crippen LogP contribution in [0.15, 0.2) is 144 Å². The molecular formula is C72H80BN3O. The number of fused-ring (bicyclic) bond motifs is 9. The molecule has 0 saturated heterocycles. The highest BCUT2D eigenvalue weighted by molar-refractivity contribution is 7.00. The van der Waals surface area contributed by atoms with Crippen molar-refractivity contribution >= 4 is 85.5 Å². The fraction of sp³-hybridized carbons (Fsp3) is 0.389. The van der Waals surface area contributed by atoms with E-state index in [9.17, 15) is 0 Å². The number of benzene rings is 7. The Morgan fingerprint density at radius 2 is 0.883 bits per heavy atom. The molecule has 2 aliphatic heterocycles. The van der Waals surface area contributed by atoms with E-state index in [1.54, 1.807) is 0 Å². The topological polar surface area (TPSA) is 22.9 Å². The minimum absolute atomic E-state index is 0.00104. The minimum Gasteiger partial charge on any atom is -0.468 e. The van der Waals surface area contributed by atoms with Gasteiger partial charge >= 0.3 is 0 Å². The number of anilines is 9. The quantitative estimate of drug-likeness (QED) is 0.160. The van der Waals surface area contributed by atoms with E-state index < -0.39 is 0 Å². The molecule has 0 saturated carbocycles. The van der Waals surface area contributed by atoms with Crippen molar-refractivity contribution in [2.75, 3.05) is 14.7 Å². The Morgan fingerprint density at radius 3 is 1.43 bits per heavy atom. The molecular weight excluding hydrogens is 934 g/mol. The monoisotopic (exact) mass is 1010 g/mol. The summed E-state index contributed by atoms with van der Waals surface area (Å²) in [4.78, 5) is 7.82. The van der Waals surface area contributed by atoms with Crippen LogP contribution in [-0.4, -0.2) is 6.71 Å². The van der Waals surface area contributed by atoms with Crippen molar-refractivity contribution in [3.05, 3.63) is 178 Å². The predicted molar refractivity (Wildman–Crippen MR) is 329 cm³/mol. The standard InChI is InChI=1S/C72H80BN3O/c1-66(2,3)45-25-27-47(28-26-45)74(46-21-17-16-18-22-46)50-41-60-63-61(42-50)76(49-30-32-53-55(40-49)70(10,11)36-34-68(53,6)7)64-51-23-19-20-24-62(51)77-65(64)73(63)58-43-56-57(72(14,15)38-37-71(56,12)13)44-59(58)75(60)48-29-31-52-54(39-48)69(8,9)35-33-67(52,4)5/h16-32,39-44H,33-38H2,1-15H3. The van der Waals surface area contributed by atoms with Gasteiger partial charge in [-0.1, -0.05) is 165 Å². The first-order valence-corrected chi connectivity index (χ1v) is 29.0. The van der Waals surface area contributed by atoms with Gasteiger partial charge in [0, 0.05) is 45.2 Å². The van der Waals surface area contributed by atoms with Crippen LogP contribution in [0.5, 0.6) is 0 Å². The fourth-order valence-electron chi connectivity index (χ4n) is 14.7. The Labute approximate surface area is 461 Å². The first kappa shape index (κ1) is 50.1. The average molecular weight is 1010 g/mol. The third kappa shape index (κ3) is 7.66. The van der Waals surface area contributed by atoms with Crippen molar-refractivity contribution in [1.29, 1.82) is 0 Å². The van der Waals surface area contributed by atoms with Crippen LogP contribution in [0.25, 0.3) is 11.0 Å². The Kier molecular flexibility index (Phi) is 10.8. The summed E-state index contributed by atoms with van der Waals surface area (Å²) < 4.78 is 7.52. The molecule has 4 nitrogen and oxygen atoms in total. The molecule has 13 rings (SSSR count). The molecule has 0 N–H and O–H groups in total. The van der Waals surface area contributed by atoms with Gasteiger partial charge in [0.2, 0.25) is 0 Å². The van der Waals surface area contributed by atoms with E-state index in [2.05, 4.69) is 258 Å². The summed E-state index contributed by atoms with van der Waals surface area (Å²) in [5.41, 5.74) is 25.3. The number of furan rings is 1. The Bertz CT molecular complexity index is 3710. The van der Waals surface area contributed by atoms with Gasteiger partial charge in [-0.25, -0.2) is 0 Å². The van der Waals surface area contributed by atoms with Gasteiger partial charge in [0.25, 0.3) is 6.71 Å². The van der Waals surface area contributed by atoms with E-state index in [-0.39, 0.29) is 44.6 Å². The molecule has 77 heavy (non-hydrogen) atoms. The molecule has 0 fully saturated rings. The Morgan fingerprint density at radius 1 is 0.429 bits per heavy atom. The van der Waals surface area contributed by atoms with Crippen LogP contribution in [0.4, 0.5) is 51.2 Å². The van der Waals surface area contributed by atoms with Crippen LogP contribution in [0, 0.1) is 0 Å². The van der Waals surface area contributed by atoms with Crippen molar-refractivity contribution < 1.29 is 4.42 Å². The highest BCUT2D eigenvalue weighted by Gasteiger charge is 2.50. The molecule has 0 spiro atoms. The summed E-state index contributed by atoms with van der Waals surface area (Å²) in [6.07, 6.45) is 6.91. The largest absolute Gasteiger partial charge is 0.468 e. The molecule has 3 heterocycles. The van der Waals surface area contributed by atoms with Crippen LogP contribution >= 0.6 is 0 Å². The zero-order valence-electron chi connectivity index (χ0n) is 48.8. The van der Waals surface area contributed by atoms with Crippen LogP contribution in [0.1, 0.15) is 181 Å². The van der Waals surface area contributed by atoms with E-state index in [0.717, 1.165) is 65.1 Å². The number of hydrogen-bond donors (Lipinski definition) is 0. The van der Waals surface area contributed by atoms with Crippen LogP contribution in [-0.2, 0) is 37.9 Å². The van der Waals surface area contributed by atoms with Crippen LogP contribution < -0.4 is 31.3 Å². The molecule has 8 aromatic rings. The van der Waals surface area contributed by atoms with Crippen molar-refractivity contribution in [1.82, 2.24) is 0 Å². The summed E-state index contributed by atoms with van der Waals surface area (Å²) in [5, 5.41) is 1.14. The van der Waals surface area contributed by atoms with E-state index in [4.69, 9.17) is 4.42 Å². The minimum atomic E-state index is -0.178. The summed E-state index contributed by atoms with van der Waals surface area (Å²) in [5.74, 6) is 0. The van der Waals surface area contributed by atoms with E-state index in [0.29, 0.717) is 0 Å². The van der Waals surface area contributed by atoms with E-state index in [1.165, 1.54) is 91.1 Å². The first-order chi connectivity index (χ1) is 36.3. The van der Waals surface area contributed by atoms with E-state index >= 15 is 0 Å². The summed E-state index contributed by atoms with van der Waals surface area (Å²) in [6.45, 7) is 36.3. The van der Waals surface area contributed by atoms with Gasteiger partial charge < -0.3 is 19.1 Å². The number of para-hydroxylation sites is 2. The number of hydrogen-bond acceptors (Lipinski definition) is 4. The molecule has 5 heteroatoms. The number of rotatable bonds is 5. The lowest BCUT2D eigenvalue weighted by Gasteiger charge is -2.47. The fourth-order valence-corrected chi connectivity index (χ4v) is 14.7. The molecule has 7 aromatic carbocycles. The highest BCUT2D eigenvalue weighted by atomic mass is 16.3. The second kappa shape index (κ2) is 16.5. The highest BCUT2D eigenvalue weighted by Crippen LogP contribution is 2.56. The molecule has 392 valence electrons. The van der Waals surface area contributed by atoms with Gasteiger partial charge in [-0.05, 0) is 205 Å². The van der Waals surface area contributed by atoms with Crippen LogP contribution in [0.3, 0.4) is 0 Å². The SMILES string of the molecule is CC(C)(C)c1ccc(N(c2ccccc2)c2cc3c4c(c2)N(c2ccc5c(c2)C(C)(C)CCC5(C)C)c2c(oc5ccccc25)B4c2cc4c(cc2N3c2ccc3c(c2)C(C)(C)CCC3(C)C)C(C)(C)CCC4(C)C)cc1. The lowest BCUT2D eigenvalue weighted by atomic mass is 9.35. The predicted octanol–water partition coefficient (Wildman–Crippen LogP) is 18.3. The maximum atomic E-state index is 7.52. The summed E-state index contributed by atoms with van der Waals surface area (Å²) in [6, 6.07) is 54.6. The molecule has 3 aliphatic carbocycles. The average Bonchev–Trinajstić information content (AvgIpc) is 3.86. The van der Waals surface area contributed by atoms with Gasteiger partial charge in [0.05, 0.1) is 17.0 Å². The molecule has 0 unspecified atom stereocenters. The smallest absolute Gasteiger partial charge is 0.297 e. The third-order valence-corrected chi connectivity index (χ3v) is 20.0. The van der Waals surface area contributed by atoms with E-state index in [1.807, 2.05) is 0 Å². The number of nitrogens with zero attached hydrogens (tertiary/aromatic N) is 3. The van der Waals surface area contributed by atoms with Gasteiger partial charge in [0.1, 0.15) is 5.58 Å². The normalized spacial score (nSPS) is 19.6. The maximum Gasteiger partial charge on any atom is 0.297 e. The second-order valence-corrected chi connectivity index (χ2v) is 29.0. The van der Waals surface area contributed by atoms with Gasteiger partial charge in [-0.3, -0.25) is 0 Å². The third-order valence-electron chi connectivity index (χ3n) is 20.0. The Balaban J connectivity index is 1.19. The lowest BCUT2D eigenvalue weighted by Crippen LogP contribution is -2.61. The molecule has 0 bridgehead atoms. The second-order valence-electron chi connectivity index (χ2n) is 29.0. The van der Waals surface area contributed by atoms with Crippen LogP contribution in [0.2, 0.25) is 0 Å². The van der Waals surface area contributed by atoms with Gasteiger partial charge in [-0.15, -0.1) is 0 Å². The zero-order valence-corrected chi connectivity index (χ0v) is 48.8.